The van der Waals surface area contributed by atoms with Crippen LogP contribution < -0.4 is 10.5 Å². The lowest BCUT2D eigenvalue weighted by Gasteiger charge is -2.15. The van der Waals surface area contributed by atoms with Crippen molar-refractivity contribution in [3.63, 3.8) is 0 Å². The Morgan fingerprint density at radius 2 is 2.05 bits per heavy atom. The number of nitrogens with zero attached hydrogens (tertiary/aromatic N) is 1. The van der Waals surface area contributed by atoms with Gasteiger partial charge in [-0.2, -0.15) is 0 Å². The highest BCUT2D eigenvalue weighted by Crippen LogP contribution is 2.21. The van der Waals surface area contributed by atoms with Crippen molar-refractivity contribution in [2.45, 2.75) is 13.0 Å². The molecule has 20 heavy (non-hydrogen) atoms. The van der Waals surface area contributed by atoms with Crippen LogP contribution in [0.5, 0.6) is 5.75 Å². The first kappa shape index (κ1) is 15.4. The zero-order valence-electron chi connectivity index (χ0n) is 11.5. The fraction of sp³-hybridized carbons (Fsp3) is 0.333. The Bertz CT molecular complexity index is 527. The highest BCUT2D eigenvalue weighted by Gasteiger charge is 2.03. The Kier molecular flexibility index (Phi) is 5.88. The molecule has 0 fully saturated rings. The minimum atomic E-state index is 0.724. The third kappa shape index (κ3) is 5.15. The summed E-state index contributed by atoms with van der Waals surface area (Å²) in [6.45, 7) is 2.72. The summed E-state index contributed by atoms with van der Waals surface area (Å²) in [5, 5.41) is 2.19. The third-order valence-corrected chi connectivity index (χ3v) is 4.46. The van der Waals surface area contributed by atoms with Crippen molar-refractivity contribution in [3.05, 3.63) is 45.1 Å². The van der Waals surface area contributed by atoms with E-state index in [1.54, 1.807) is 11.3 Å². The van der Waals surface area contributed by atoms with Gasteiger partial charge in [0.1, 0.15) is 5.75 Å². The van der Waals surface area contributed by atoms with Gasteiger partial charge in [0.25, 0.3) is 0 Å². The molecule has 1 aromatic carbocycles. The summed E-state index contributed by atoms with van der Waals surface area (Å²) in [5.74, 6) is 0.878. The lowest BCUT2D eigenvalue weighted by atomic mass is 10.3. The SMILES string of the molecule is CN(CCCOc1ccc(N)cc1)Cc1csc(Br)c1. The number of hydrogen-bond donors (Lipinski definition) is 1. The van der Waals surface area contributed by atoms with Crippen molar-refractivity contribution in [2.75, 3.05) is 25.9 Å². The standard InChI is InChI=1S/C15H19BrN2OS/c1-18(10-12-9-15(16)20-11-12)7-2-8-19-14-5-3-13(17)4-6-14/h3-6,9,11H,2,7-8,10,17H2,1H3. The number of benzene rings is 1. The second-order valence-electron chi connectivity index (χ2n) is 4.77. The molecule has 0 spiro atoms. The van der Waals surface area contributed by atoms with E-state index in [0.717, 1.165) is 37.6 Å². The van der Waals surface area contributed by atoms with Crippen molar-refractivity contribution in [1.29, 1.82) is 0 Å². The minimum Gasteiger partial charge on any atom is -0.494 e. The number of hydrogen-bond acceptors (Lipinski definition) is 4. The molecule has 108 valence electrons. The van der Waals surface area contributed by atoms with Gasteiger partial charge in [-0.1, -0.05) is 0 Å². The van der Waals surface area contributed by atoms with Gasteiger partial charge < -0.3 is 15.4 Å². The van der Waals surface area contributed by atoms with E-state index < -0.39 is 0 Å². The summed E-state index contributed by atoms with van der Waals surface area (Å²) in [7, 11) is 2.13. The van der Waals surface area contributed by atoms with Gasteiger partial charge in [0.05, 0.1) is 10.4 Å². The fourth-order valence-corrected chi connectivity index (χ4v) is 3.11. The van der Waals surface area contributed by atoms with Crippen LogP contribution in [0.1, 0.15) is 12.0 Å². The van der Waals surface area contributed by atoms with Crippen molar-refractivity contribution in [1.82, 2.24) is 4.90 Å². The van der Waals surface area contributed by atoms with Crippen LogP contribution in [-0.2, 0) is 6.54 Å². The van der Waals surface area contributed by atoms with Gasteiger partial charge in [0, 0.05) is 18.8 Å². The molecule has 0 amide bonds. The average Bonchev–Trinajstić information content (AvgIpc) is 2.82. The first-order valence-corrected chi connectivity index (χ1v) is 8.20. The molecule has 0 radical (unpaired) electrons. The molecule has 5 heteroatoms. The Morgan fingerprint density at radius 1 is 1.30 bits per heavy atom. The van der Waals surface area contributed by atoms with Gasteiger partial charge in [-0.05, 0) is 70.7 Å². The third-order valence-electron chi connectivity index (χ3n) is 2.91. The van der Waals surface area contributed by atoms with E-state index in [1.807, 2.05) is 24.3 Å². The van der Waals surface area contributed by atoms with E-state index in [0.29, 0.717) is 0 Å². The Balaban J connectivity index is 1.64. The summed E-state index contributed by atoms with van der Waals surface area (Å²) >= 11 is 5.22. The predicted octanol–water partition coefficient (Wildman–Crippen LogP) is 3.99. The van der Waals surface area contributed by atoms with Gasteiger partial charge in [-0.25, -0.2) is 0 Å². The summed E-state index contributed by atoms with van der Waals surface area (Å²) < 4.78 is 6.87. The summed E-state index contributed by atoms with van der Waals surface area (Å²) in [4.78, 5) is 2.31. The molecular formula is C15H19BrN2OS. The normalized spacial score (nSPS) is 10.9. The van der Waals surface area contributed by atoms with Crippen molar-refractivity contribution >= 4 is 33.0 Å². The van der Waals surface area contributed by atoms with Crippen LogP contribution in [0, 0.1) is 0 Å². The quantitative estimate of drug-likeness (QED) is 0.603. The van der Waals surface area contributed by atoms with Gasteiger partial charge in [-0.3, -0.25) is 0 Å². The highest BCUT2D eigenvalue weighted by atomic mass is 79.9. The highest BCUT2D eigenvalue weighted by molar-refractivity contribution is 9.11. The number of anilines is 1. The Labute approximate surface area is 132 Å². The second-order valence-corrected chi connectivity index (χ2v) is 7.06. The number of ether oxygens (including phenoxy) is 1. The predicted molar refractivity (Wildman–Crippen MR) is 89.3 cm³/mol. The minimum absolute atomic E-state index is 0.724. The fourth-order valence-electron chi connectivity index (χ4n) is 1.91. The van der Waals surface area contributed by atoms with E-state index in [1.165, 1.54) is 9.35 Å². The van der Waals surface area contributed by atoms with Crippen LogP contribution >= 0.6 is 27.3 Å². The molecule has 0 saturated heterocycles. The molecule has 0 aliphatic rings. The van der Waals surface area contributed by atoms with E-state index in [9.17, 15) is 0 Å². The molecule has 1 heterocycles. The lowest BCUT2D eigenvalue weighted by molar-refractivity contribution is 0.259. The topological polar surface area (TPSA) is 38.5 Å². The molecule has 0 aliphatic carbocycles. The van der Waals surface area contributed by atoms with Gasteiger partial charge in [0.2, 0.25) is 0 Å². The van der Waals surface area contributed by atoms with E-state index in [2.05, 4.69) is 39.3 Å². The number of thiophene rings is 1. The number of nitrogens with two attached hydrogens (primary N) is 1. The monoisotopic (exact) mass is 354 g/mol. The Morgan fingerprint density at radius 3 is 2.70 bits per heavy atom. The maximum absolute atomic E-state index is 5.68. The molecular weight excluding hydrogens is 336 g/mol. The van der Waals surface area contributed by atoms with Crippen LogP contribution in [0.4, 0.5) is 5.69 Å². The van der Waals surface area contributed by atoms with Crippen LogP contribution in [0.2, 0.25) is 0 Å². The number of rotatable bonds is 7. The largest absolute Gasteiger partial charge is 0.494 e. The second kappa shape index (κ2) is 7.67. The summed E-state index contributed by atoms with van der Waals surface area (Å²) in [6, 6.07) is 9.70. The molecule has 0 unspecified atom stereocenters. The average molecular weight is 355 g/mol. The van der Waals surface area contributed by atoms with Crippen LogP contribution in [-0.4, -0.2) is 25.1 Å². The molecule has 0 atom stereocenters. The lowest BCUT2D eigenvalue weighted by Crippen LogP contribution is -2.20. The maximum atomic E-state index is 5.68. The summed E-state index contributed by atoms with van der Waals surface area (Å²) in [5.41, 5.74) is 7.75. The number of halogens is 1. The molecule has 2 N–H and O–H groups in total. The van der Waals surface area contributed by atoms with Gasteiger partial charge in [-0.15, -0.1) is 11.3 Å². The van der Waals surface area contributed by atoms with Gasteiger partial charge in [0.15, 0.2) is 0 Å². The zero-order chi connectivity index (χ0) is 14.4. The molecule has 3 nitrogen and oxygen atoms in total. The van der Waals surface area contributed by atoms with Crippen molar-refractivity contribution < 1.29 is 4.74 Å². The Hall–Kier alpha value is -1.04. The molecule has 2 aromatic rings. The molecule has 1 aromatic heterocycles. The zero-order valence-corrected chi connectivity index (χ0v) is 13.9. The van der Waals surface area contributed by atoms with E-state index >= 15 is 0 Å². The molecule has 2 rings (SSSR count). The van der Waals surface area contributed by atoms with E-state index in [-0.39, 0.29) is 0 Å². The van der Waals surface area contributed by atoms with Crippen LogP contribution in [0.3, 0.4) is 0 Å². The van der Waals surface area contributed by atoms with Crippen LogP contribution in [0.15, 0.2) is 39.5 Å². The number of nitrogen functional groups attached to an aromatic ring is 1. The van der Waals surface area contributed by atoms with Gasteiger partial charge >= 0.3 is 0 Å². The first-order chi connectivity index (χ1) is 9.63. The van der Waals surface area contributed by atoms with Crippen LogP contribution in [0.25, 0.3) is 0 Å². The maximum Gasteiger partial charge on any atom is 0.119 e. The van der Waals surface area contributed by atoms with E-state index in [4.69, 9.17) is 10.5 Å². The van der Waals surface area contributed by atoms with Crippen molar-refractivity contribution in [2.24, 2.45) is 0 Å². The smallest absolute Gasteiger partial charge is 0.119 e. The molecule has 0 aliphatic heterocycles. The van der Waals surface area contributed by atoms with Crippen molar-refractivity contribution in [3.8, 4) is 5.75 Å². The molecule has 0 bridgehead atoms. The summed E-state index contributed by atoms with van der Waals surface area (Å²) in [6.07, 6.45) is 1.01. The molecule has 0 saturated carbocycles. The first-order valence-electron chi connectivity index (χ1n) is 6.53.